The molecule has 28 heavy (non-hydrogen) atoms. The third kappa shape index (κ3) is 3.96. The van der Waals surface area contributed by atoms with Gasteiger partial charge in [0.1, 0.15) is 0 Å². The summed E-state index contributed by atoms with van der Waals surface area (Å²) in [6.07, 6.45) is 1.13. The van der Waals surface area contributed by atoms with Gasteiger partial charge in [-0.15, -0.1) is 0 Å². The first-order valence-corrected chi connectivity index (χ1v) is 9.45. The third-order valence-electron chi connectivity index (χ3n) is 4.99. The number of hydrogen-bond donors (Lipinski definition) is 2. The zero-order chi connectivity index (χ0) is 19.5. The quantitative estimate of drug-likeness (QED) is 0.711. The van der Waals surface area contributed by atoms with Crippen molar-refractivity contribution in [2.75, 3.05) is 5.32 Å². The summed E-state index contributed by atoms with van der Waals surface area (Å²) in [6.45, 7) is 2.55. The first-order valence-electron chi connectivity index (χ1n) is 9.45. The topological polar surface area (TPSA) is 58.2 Å². The Morgan fingerprint density at radius 3 is 2.57 bits per heavy atom. The molecular weight excluding hydrogens is 348 g/mol. The highest BCUT2D eigenvalue weighted by Gasteiger charge is 2.16. The van der Waals surface area contributed by atoms with E-state index in [-0.39, 0.29) is 11.8 Å². The highest BCUT2D eigenvalue weighted by molar-refractivity contribution is 5.97. The van der Waals surface area contributed by atoms with Gasteiger partial charge >= 0.3 is 0 Å². The first kappa shape index (κ1) is 18.0. The van der Waals surface area contributed by atoms with Crippen molar-refractivity contribution in [2.45, 2.75) is 26.3 Å². The lowest BCUT2D eigenvalue weighted by molar-refractivity contribution is -0.116. The van der Waals surface area contributed by atoms with Crippen molar-refractivity contribution in [2.24, 2.45) is 0 Å². The summed E-state index contributed by atoms with van der Waals surface area (Å²) in [4.78, 5) is 24.0. The molecule has 1 aliphatic rings. The van der Waals surface area contributed by atoms with Crippen LogP contribution in [0, 0.1) is 6.92 Å². The van der Waals surface area contributed by atoms with Crippen LogP contribution in [0.4, 0.5) is 5.69 Å². The van der Waals surface area contributed by atoms with Gasteiger partial charge in [0.05, 0.1) is 0 Å². The van der Waals surface area contributed by atoms with Crippen LogP contribution in [0.25, 0.3) is 11.1 Å². The van der Waals surface area contributed by atoms with Gasteiger partial charge in [0.15, 0.2) is 0 Å². The van der Waals surface area contributed by atoms with E-state index in [0.717, 1.165) is 22.4 Å². The minimum absolute atomic E-state index is 0.0261. The van der Waals surface area contributed by atoms with E-state index >= 15 is 0 Å². The van der Waals surface area contributed by atoms with Gasteiger partial charge in [0.25, 0.3) is 5.91 Å². The van der Waals surface area contributed by atoms with Crippen molar-refractivity contribution in [1.82, 2.24) is 5.32 Å². The zero-order valence-electron chi connectivity index (χ0n) is 15.8. The molecule has 4 heteroatoms. The van der Waals surface area contributed by atoms with E-state index in [1.165, 1.54) is 11.1 Å². The normalized spacial score (nSPS) is 12.8. The Hall–Kier alpha value is -3.40. The molecule has 0 saturated carbocycles. The van der Waals surface area contributed by atoms with E-state index in [2.05, 4.69) is 54.0 Å². The molecule has 0 spiro atoms. The second-order valence-electron chi connectivity index (χ2n) is 7.17. The molecule has 0 aromatic heterocycles. The fourth-order valence-corrected chi connectivity index (χ4v) is 3.49. The van der Waals surface area contributed by atoms with Gasteiger partial charge in [0.2, 0.25) is 5.91 Å². The predicted octanol–water partition coefficient (Wildman–Crippen LogP) is 4.48. The molecule has 2 N–H and O–H groups in total. The summed E-state index contributed by atoms with van der Waals surface area (Å²) >= 11 is 0. The molecule has 0 unspecified atom stereocenters. The SMILES string of the molecule is Cc1cccc(-c2cccc(CNC(=O)c3ccc4c(c3)CCC(=O)N4)c2)c1. The molecule has 0 saturated heterocycles. The second kappa shape index (κ2) is 7.69. The molecule has 0 atom stereocenters. The molecule has 2 amide bonds. The molecule has 0 bridgehead atoms. The van der Waals surface area contributed by atoms with E-state index in [1.54, 1.807) is 12.1 Å². The third-order valence-corrected chi connectivity index (χ3v) is 4.99. The van der Waals surface area contributed by atoms with E-state index in [9.17, 15) is 9.59 Å². The number of nitrogens with one attached hydrogen (secondary N) is 2. The average Bonchev–Trinajstić information content (AvgIpc) is 2.72. The first-order chi connectivity index (χ1) is 13.6. The molecule has 0 radical (unpaired) electrons. The van der Waals surface area contributed by atoms with Crippen LogP contribution >= 0.6 is 0 Å². The number of benzene rings is 3. The molecule has 4 rings (SSSR count). The molecule has 0 aliphatic carbocycles. The van der Waals surface area contributed by atoms with E-state index in [0.29, 0.717) is 24.9 Å². The monoisotopic (exact) mass is 370 g/mol. The molecule has 4 nitrogen and oxygen atoms in total. The second-order valence-corrected chi connectivity index (χ2v) is 7.17. The van der Waals surface area contributed by atoms with Gasteiger partial charge in [-0.05, 0) is 59.9 Å². The lowest BCUT2D eigenvalue weighted by Gasteiger charge is -2.17. The Bertz CT molecular complexity index is 1060. The molecule has 3 aromatic carbocycles. The molecule has 3 aromatic rings. The Labute approximate surface area is 164 Å². The van der Waals surface area contributed by atoms with E-state index in [1.807, 2.05) is 18.2 Å². The van der Waals surface area contributed by atoms with E-state index < -0.39 is 0 Å². The maximum Gasteiger partial charge on any atom is 0.251 e. The highest BCUT2D eigenvalue weighted by atomic mass is 16.2. The standard InChI is InChI=1S/C24H22N2O2/c1-16-4-2-6-18(12-16)19-7-3-5-17(13-19)15-25-24(28)21-8-10-22-20(14-21)9-11-23(27)26-22/h2-8,10,12-14H,9,11,15H2,1H3,(H,25,28)(H,26,27). The van der Waals surface area contributed by atoms with Crippen LogP contribution in [0.2, 0.25) is 0 Å². The summed E-state index contributed by atoms with van der Waals surface area (Å²) in [5.74, 6) is -0.0844. The Kier molecular flexibility index (Phi) is 4.94. The average molecular weight is 370 g/mol. The number of carbonyl (C=O) groups excluding carboxylic acids is 2. The largest absolute Gasteiger partial charge is 0.348 e. The van der Waals surface area contributed by atoms with Crippen molar-refractivity contribution >= 4 is 17.5 Å². The van der Waals surface area contributed by atoms with Crippen LogP contribution < -0.4 is 10.6 Å². The summed E-state index contributed by atoms with van der Waals surface area (Å²) in [5, 5.41) is 5.83. The van der Waals surface area contributed by atoms with Gasteiger partial charge < -0.3 is 10.6 Å². The Balaban J connectivity index is 1.45. The smallest absolute Gasteiger partial charge is 0.251 e. The van der Waals surface area contributed by atoms with Crippen molar-refractivity contribution in [3.05, 3.63) is 89.0 Å². The minimum atomic E-state index is -0.111. The van der Waals surface area contributed by atoms with Gasteiger partial charge in [-0.1, -0.05) is 48.0 Å². The Morgan fingerprint density at radius 2 is 1.75 bits per heavy atom. The van der Waals surface area contributed by atoms with Crippen LogP contribution in [0.15, 0.2) is 66.7 Å². The van der Waals surface area contributed by atoms with Crippen LogP contribution in [-0.2, 0) is 17.8 Å². The summed E-state index contributed by atoms with van der Waals surface area (Å²) in [5.41, 5.74) is 7.01. The van der Waals surface area contributed by atoms with Gasteiger partial charge in [0, 0.05) is 24.2 Å². The van der Waals surface area contributed by atoms with Crippen LogP contribution in [0.5, 0.6) is 0 Å². The van der Waals surface area contributed by atoms with Crippen LogP contribution in [0.3, 0.4) is 0 Å². The number of rotatable bonds is 4. The number of aryl methyl sites for hydroxylation is 2. The van der Waals surface area contributed by atoms with Gasteiger partial charge in [-0.25, -0.2) is 0 Å². The van der Waals surface area contributed by atoms with Crippen molar-refractivity contribution < 1.29 is 9.59 Å². The molecule has 0 fully saturated rings. The van der Waals surface area contributed by atoms with Crippen molar-refractivity contribution in [3.8, 4) is 11.1 Å². The summed E-state index contributed by atoms with van der Waals surface area (Å²) < 4.78 is 0. The molecular formula is C24H22N2O2. The fraction of sp³-hybridized carbons (Fsp3) is 0.167. The molecule has 1 aliphatic heterocycles. The number of amides is 2. The number of hydrogen-bond acceptors (Lipinski definition) is 2. The summed E-state index contributed by atoms with van der Waals surface area (Å²) in [6, 6.07) is 22.0. The molecule has 140 valence electrons. The van der Waals surface area contributed by atoms with Crippen molar-refractivity contribution in [3.63, 3.8) is 0 Å². The molecule has 1 heterocycles. The van der Waals surface area contributed by atoms with Gasteiger partial charge in [-0.2, -0.15) is 0 Å². The number of anilines is 1. The fourth-order valence-electron chi connectivity index (χ4n) is 3.49. The highest BCUT2D eigenvalue weighted by Crippen LogP contribution is 2.24. The Morgan fingerprint density at radius 1 is 0.964 bits per heavy atom. The van der Waals surface area contributed by atoms with Crippen LogP contribution in [-0.4, -0.2) is 11.8 Å². The van der Waals surface area contributed by atoms with Crippen LogP contribution in [0.1, 0.15) is 33.5 Å². The van der Waals surface area contributed by atoms with Gasteiger partial charge in [-0.3, -0.25) is 9.59 Å². The van der Waals surface area contributed by atoms with Crippen molar-refractivity contribution in [1.29, 1.82) is 0 Å². The predicted molar refractivity (Wildman–Crippen MR) is 111 cm³/mol. The lowest BCUT2D eigenvalue weighted by atomic mass is 10.00. The maximum atomic E-state index is 12.6. The minimum Gasteiger partial charge on any atom is -0.348 e. The number of fused-ring (bicyclic) bond motifs is 1. The zero-order valence-corrected chi connectivity index (χ0v) is 15.8. The maximum absolute atomic E-state index is 12.6. The lowest BCUT2D eigenvalue weighted by Crippen LogP contribution is -2.24. The summed E-state index contributed by atoms with van der Waals surface area (Å²) in [7, 11) is 0. The number of carbonyl (C=O) groups is 2. The van der Waals surface area contributed by atoms with E-state index in [4.69, 9.17) is 0 Å².